The second kappa shape index (κ2) is 6.12. The van der Waals surface area contributed by atoms with E-state index in [1.807, 2.05) is 0 Å². The molecule has 1 aromatic rings. The molecule has 0 bridgehead atoms. The van der Waals surface area contributed by atoms with Gasteiger partial charge in [0, 0.05) is 18.3 Å². The molecule has 3 atom stereocenters. The van der Waals surface area contributed by atoms with Crippen molar-refractivity contribution in [2.24, 2.45) is 5.73 Å². The highest BCUT2D eigenvalue weighted by Gasteiger charge is 2.27. The Hall–Kier alpha value is -1.93. The number of rotatable bonds is 6. The van der Waals surface area contributed by atoms with E-state index in [2.05, 4.69) is 15.3 Å². The predicted molar refractivity (Wildman–Crippen MR) is 61.5 cm³/mol. The molecule has 0 aliphatic heterocycles. The minimum atomic E-state index is -1.37. The Morgan fingerprint density at radius 3 is 2.72 bits per heavy atom. The van der Waals surface area contributed by atoms with Crippen LogP contribution in [0, 0.1) is 0 Å². The summed E-state index contributed by atoms with van der Waals surface area (Å²) in [5.41, 5.74) is 6.29. The highest BCUT2D eigenvalue weighted by molar-refractivity contribution is 5.87. The van der Waals surface area contributed by atoms with Gasteiger partial charge in [0.25, 0.3) is 0 Å². The number of nitrogens with one attached hydrogen (secondary N) is 2. The van der Waals surface area contributed by atoms with Crippen molar-refractivity contribution in [1.82, 2.24) is 15.3 Å². The van der Waals surface area contributed by atoms with Crippen LogP contribution in [0.15, 0.2) is 12.5 Å². The molecule has 1 aromatic heterocycles. The van der Waals surface area contributed by atoms with Crippen LogP contribution >= 0.6 is 0 Å². The molecule has 0 saturated carbocycles. The first-order chi connectivity index (χ1) is 8.41. The molecule has 100 valence electrons. The summed E-state index contributed by atoms with van der Waals surface area (Å²) in [4.78, 5) is 29.0. The van der Waals surface area contributed by atoms with E-state index in [-0.39, 0.29) is 6.42 Å². The normalized spacial score (nSPS) is 15.7. The summed E-state index contributed by atoms with van der Waals surface area (Å²) in [5.74, 6) is -1.95. The molecule has 18 heavy (non-hydrogen) atoms. The molecule has 0 aliphatic rings. The first-order valence-electron chi connectivity index (χ1n) is 5.36. The summed E-state index contributed by atoms with van der Waals surface area (Å²) in [6.07, 6.45) is 1.98. The van der Waals surface area contributed by atoms with Gasteiger partial charge in [0.05, 0.1) is 18.5 Å². The molecule has 6 N–H and O–H groups in total. The predicted octanol–water partition coefficient (Wildman–Crippen LogP) is -1.77. The van der Waals surface area contributed by atoms with Gasteiger partial charge in [-0.05, 0) is 6.92 Å². The number of carboxylic acid groups (broad SMARTS) is 1. The third kappa shape index (κ3) is 3.82. The smallest absolute Gasteiger partial charge is 0.328 e. The lowest BCUT2D eigenvalue weighted by molar-refractivity contribution is -0.144. The molecule has 0 unspecified atom stereocenters. The van der Waals surface area contributed by atoms with Crippen LogP contribution in [0.25, 0.3) is 0 Å². The number of aliphatic hydroxyl groups excluding tert-OH is 1. The highest BCUT2D eigenvalue weighted by Crippen LogP contribution is 1.99. The Morgan fingerprint density at radius 1 is 1.61 bits per heavy atom. The molecule has 0 saturated heterocycles. The van der Waals surface area contributed by atoms with Crippen molar-refractivity contribution in [3.63, 3.8) is 0 Å². The number of aromatic nitrogens is 2. The van der Waals surface area contributed by atoms with E-state index in [1.54, 1.807) is 0 Å². The van der Waals surface area contributed by atoms with E-state index in [1.165, 1.54) is 19.4 Å². The molecule has 0 aromatic carbocycles. The Balaban J connectivity index is 2.56. The molecule has 8 heteroatoms. The zero-order valence-corrected chi connectivity index (χ0v) is 9.83. The molecule has 1 amide bonds. The van der Waals surface area contributed by atoms with Crippen LogP contribution in [0.1, 0.15) is 12.6 Å². The maximum absolute atomic E-state index is 11.6. The van der Waals surface area contributed by atoms with Crippen LogP contribution < -0.4 is 11.1 Å². The molecule has 0 radical (unpaired) electrons. The molecular weight excluding hydrogens is 240 g/mol. The fraction of sp³-hybridized carbons (Fsp3) is 0.500. The summed E-state index contributed by atoms with van der Waals surface area (Å²) < 4.78 is 0. The second-order valence-electron chi connectivity index (χ2n) is 3.95. The Morgan fingerprint density at radius 2 is 2.28 bits per heavy atom. The number of carbonyl (C=O) groups is 2. The van der Waals surface area contributed by atoms with Gasteiger partial charge < -0.3 is 26.2 Å². The molecule has 0 spiro atoms. The van der Waals surface area contributed by atoms with Gasteiger partial charge >= 0.3 is 5.97 Å². The van der Waals surface area contributed by atoms with E-state index in [9.17, 15) is 14.7 Å². The lowest BCUT2D eigenvalue weighted by atomic mass is 10.1. The van der Waals surface area contributed by atoms with Crippen molar-refractivity contribution < 1.29 is 19.8 Å². The summed E-state index contributed by atoms with van der Waals surface area (Å²) in [5, 5.41) is 20.2. The monoisotopic (exact) mass is 256 g/mol. The van der Waals surface area contributed by atoms with E-state index in [0.29, 0.717) is 5.69 Å². The van der Waals surface area contributed by atoms with Gasteiger partial charge in [-0.15, -0.1) is 0 Å². The number of aliphatic hydroxyl groups is 1. The highest BCUT2D eigenvalue weighted by atomic mass is 16.4. The second-order valence-corrected chi connectivity index (χ2v) is 3.95. The van der Waals surface area contributed by atoms with E-state index >= 15 is 0 Å². The van der Waals surface area contributed by atoms with Crippen LogP contribution in [-0.2, 0) is 16.0 Å². The first-order valence-corrected chi connectivity index (χ1v) is 5.36. The number of hydrogen-bond donors (Lipinski definition) is 5. The molecular formula is C10H16N4O4. The number of carbonyl (C=O) groups excluding carboxylic acids is 1. The summed E-state index contributed by atoms with van der Waals surface area (Å²) in [6.45, 7) is 1.28. The Bertz CT molecular complexity index is 404. The Labute approximate surface area is 103 Å². The van der Waals surface area contributed by atoms with Crippen LogP contribution in [0.5, 0.6) is 0 Å². The zero-order valence-electron chi connectivity index (χ0n) is 9.83. The van der Waals surface area contributed by atoms with Gasteiger partial charge in [-0.25, -0.2) is 9.78 Å². The topological polar surface area (TPSA) is 141 Å². The number of carboxylic acids is 1. The first kappa shape index (κ1) is 14.1. The minimum absolute atomic E-state index is 0.206. The largest absolute Gasteiger partial charge is 0.480 e. The average Bonchev–Trinajstić information content (AvgIpc) is 2.77. The van der Waals surface area contributed by atoms with Crippen molar-refractivity contribution in [2.75, 3.05) is 0 Å². The molecule has 8 nitrogen and oxygen atoms in total. The average molecular weight is 256 g/mol. The molecule has 0 aliphatic carbocycles. The number of aromatic amines is 1. The number of H-pyrrole nitrogens is 1. The van der Waals surface area contributed by atoms with Crippen LogP contribution in [0.2, 0.25) is 0 Å². The fourth-order valence-corrected chi connectivity index (χ4v) is 1.37. The van der Waals surface area contributed by atoms with E-state index in [4.69, 9.17) is 10.8 Å². The maximum Gasteiger partial charge on any atom is 0.328 e. The summed E-state index contributed by atoms with van der Waals surface area (Å²) >= 11 is 0. The zero-order chi connectivity index (χ0) is 13.7. The maximum atomic E-state index is 11.6. The number of aliphatic carboxylic acids is 1. The van der Waals surface area contributed by atoms with Gasteiger partial charge in [0.15, 0.2) is 6.04 Å². The third-order valence-corrected chi connectivity index (χ3v) is 2.38. The quantitative estimate of drug-likeness (QED) is 0.408. The van der Waals surface area contributed by atoms with Crippen LogP contribution in [0.3, 0.4) is 0 Å². The van der Waals surface area contributed by atoms with Crippen molar-refractivity contribution in [2.45, 2.75) is 31.5 Å². The van der Waals surface area contributed by atoms with Gasteiger partial charge in [0.2, 0.25) is 5.91 Å². The number of amides is 1. The standard InChI is InChI=1S/C10H16N4O4/c1-5(15)8(10(17)18)14-9(16)7(11)2-6-3-12-4-13-6/h3-5,7-8,15H,2,11H2,1H3,(H,12,13)(H,14,16)(H,17,18)/t5-,7+,8+/m1/s1. The summed E-state index contributed by atoms with van der Waals surface area (Å²) in [7, 11) is 0. The van der Waals surface area contributed by atoms with Crippen LogP contribution in [0.4, 0.5) is 0 Å². The van der Waals surface area contributed by atoms with Gasteiger partial charge in [-0.1, -0.05) is 0 Å². The Kier molecular flexibility index (Phi) is 4.81. The summed E-state index contributed by atoms with van der Waals surface area (Å²) in [6, 6.07) is -2.28. The molecule has 1 heterocycles. The fourth-order valence-electron chi connectivity index (χ4n) is 1.37. The van der Waals surface area contributed by atoms with Crippen molar-refractivity contribution in [1.29, 1.82) is 0 Å². The number of nitrogens with two attached hydrogens (primary N) is 1. The lowest BCUT2D eigenvalue weighted by Crippen LogP contribution is -2.53. The van der Waals surface area contributed by atoms with Crippen LogP contribution in [-0.4, -0.2) is 50.2 Å². The van der Waals surface area contributed by atoms with Gasteiger partial charge in [-0.3, -0.25) is 4.79 Å². The van der Waals surface area contributed by atoms with Crippen molar-refractivity contribution in [3.8, 4) is 0 Å². The molecule has 1 rings (SSSR count). The van der Waals surface area contributed by atoms with E-state index in [0.717, 1.165) is 0 Å². The minimum Gasteiger partial charge on any atom is -0.480 e. The molecule has 0 fully saturated rings. The SMILES string of the molecule is C[C@@H](O)[C@H](NC(=O)[C@@H](N)Cc1cnc[nH]1)C(=O)O. The van der Waals surface area contributed by atoms with Gasteiger partial charge in [0.1, 0.15) is 0 Å². The van der Waals surface area contributed by atoms with Crippen molar-refractivity contribution >= 4 is 11.9 Å². The third-order valence-electron chi connectivity index (χ3n) is 2.38. The number of hydrogen-bond acceptors (Lipinski definition) is 5. The number of imidazole rings is 1. The van der Waals surface area contributed by atoms with E-state index < -0.39 is 30.1 Å². The van der Waals surface area contributed by atoms with Gasteiger partial charge in [-0.2, -0.15) is 0 Å². The number of nitrogens with zero attached hydrogens (tertiary/aromatic N) is 1. The lowest BCUT2D eigenvalue weighted by Gasteiger charge is -2.19. The van der Waals surface area contributed by atoms with Crippen molar-refractivity contribution in [3.05, 3.63) is 18.2 Å².